The van der Waals surface area contributed by atoms with Crippen molar-refractivity contribution in [3.8, 4) is 0 Å². The fourth-order valence-electron chi connectivity index (χ4n) is 0. The second-order valence-electron chi connectivity index (χ2n) is 0.390. The first-order chi connectivity index (χ1) is 2.41. The van der Waals surface area contributed by atoms with Crippen LogP contribution < -0.4 is 0 Å². The monoisotopic (exact) mass is 121 g/mol. The average Bonchev–Trinajstić information content (AvgIpc) is 1.41. The van der Waals surface area contributed by atoms with Crippen molar-refractivity contribution in [3.63, 3.8) is 0 Å². The molecule has 0 aliphatic carbocycles. The molecule has 0 N–H and O–H groups in total. The van der Waals surface area contributed by atoms with Crippen LogP contribution in [0.2, 0.25) is 0 Å². The standard InChI is InChI=1S/C3H5Br/c1-2-3-4/h2H,1,3H2/i1D. The summed E-state index contributed by atoms with van der Waals surface area (Å²) in [5.74, 6) is 0. The topological polar surface area (TPSA) is 0 Å². The molecule has 0 aromatic heterocycles. The van der Waals surface area contributed by atoms with Crippen LogP contribution in [0.15, 0.2) is 12.6 Å². The molecule has 0 aliphatic rings. The summed E-state index contributed by atoms with van der Waals surface area (Å²) in [5, 5.41) is 0.788. The first-order valence-corrected chi connectivity index (χ1v) is 2.13. The summed E-state index contributed by atoms with van der Waals surface area (Å²) >= 11 is 3.10. The van der Waals surface area contributed by atoms with Crippen molar-refractivity contribution >= 4 is 15.9 Å². The maximum absolute atomic E-state index is 6.39. The van der Waals surface area contributed by atoms with Crippen LogP contribution in [-0.4, -0.2) is 5.33 Å². The van der Waals surface area contributed by atoms with E-state index < -0.39 is 0 Å². The molecule has 4 heavy (non-hydrogen) atoms. The Balaban J connectivity index is 2.62. The normalized spacial score (nSPS) is 12.8. The Labute approximate surface area is 36.1 Å². The van der Waals surface area contributed by atoms with E-state index in [4.69, 9.17) is 1.37 Å². The number of hydrogen-bond donors (Lipinski definition) is 0. The van der Waals surface area contributed by atoms with Crippen molar-refractivity contribution in [3.05, 3.63) is 12.6 Å². The van der Waals surface area contributed by atoms with Crippen LogP contribution in [0.1, 0.15) is 1.37 Å². The number of hydrogen-bond acceptors (Lipinski definition) is 0. The predicted molar refractivity (Wildman–Crippen MR) is 24.0 cm³/mol. The smallest absolute Gasteiger partial charge is 0.0535 e. The van der Waals surface area contributed by atoms with Gasteiger partial charge in [-0.1, -0.05) is 22.0 Å². The summed E-state index contributed by atoms with van der Waals surface area (Å²) in [7, 11) is 0. The first-order valence-electron chi connectivity index (χ1n) is 1.59. The molecular weight excluding hydrogens is 116 g/mol. The van der Waals surface area contributed by atoms with E-state index in [2.05, 4.69) is 15.9 Å². The van der Waals surface area contributed by atoms with Crippen LogP contribution in [0.4, 0.5) is 0 Å². The zero-order chi connectivity index (χ0) is 4.12. The molecule has 0 radical (unpaired) electrons. The van der Waals surface area contributed by atoms with Gasteiger partial charge in [-0.2, -0.15) is 0 Å². The number of allylic oxidation sites excluding steroid dienone is 1. The number of rotatable bonds is 1. The van der Waals surface area contributed by atoms with Gasteiger partial charge in [-0.15, -0.1) is 6.55 Å². The summed E-state index contributed by atoms with van der Waals surface area (Å²) in [5.41, 5.74) is 0. The summed E-state index contributed by atoms with van der Waals surface area (Å²) in [6.45, 7) is 1.26. The van der Waals surface area contributed by atoms with Gasteiger partial charge in [0.2, 0.25) is 0 Å². The summed E-state index contributed by atoms with van der Waals surface area (Å²) in [6, 6.07) is 0. The Morgan fingerprint density at radius 3 is 3.25 bits per heavy atom. The van der Waals surface area contributed by atoms with Crippen molar-refractivity contribution in [1.82, 2.24) is 0 Å². The highest BCUT2D eigenvalue weighted by molar-refractivity contribution is 9.09. The van der Waals surface area contributed by atoms with Gasteiger partial charge in [0.1, 0.15) is 0 Å². The molecule has 0 nitrogen and oxygen atoms in total. The average molecular weight is 122 g/mol. The van der Waals surface area contributed by atoms with Crippen molar-refractivity contribution in [2.45, 2.75) is 0 Å². The lowest BCUT2D eigenvalue weighted by atomic mass is 10.8. The highest BCUT2D eigenvalue weighted by Gasteiger charge is 1.47. The fraction of sp³-hybridized carbons (Fsp3) is 0.333. The molecule has 0 aromatic carbocycles. The van der Waals surface area contributed by atoms with E-state index in [9.17, 15) is 0 Å². The van der Waals surface area contributed by atoms with Gasteiger partial charge in [-0.25, -0.2) is 0 Å². The van der Waals surface area contributed by atoms with Gasteiger partial charge in [0.25, 0.3) is 0 Å². The van der Waals surface area contributed by atoms with Crippen LogP contribution in [0.5, 0.6) is 0 Å². The predicted octanol–water partition coefficient (Wildman–Crippen LogP) is 1.57. The maximum atomic E-state index is 6.39. The zero-order valence-corrected chi connectivity index (χ0v) is 3.83. The Morgan fingerprint density at radius 1 is 2.50 bits per heavy atom. The van der Waals surface area contributed by atoms with E-state index in [1.54, 1.807) is 6.08 Å². The lowest BCUT2D eigenvalue weighted by Crippen LogP contribution is -1.43. The van der Waals surface area contributed by atoms with Crippen molar-refractivity contribution in [1.29, 1.82) is 0 Å². The molecule has 1 heteroatoms. The minimum absolute atomic E-state index is 0.788. The minimum atomic E-state index is 0.788. The molecule has 0 atom stereocenters. The van der Waals surface area contributed by atoms with E-state index in [1.807, 2.05) is 0 Å². The maximum Gasteiger partial charge on any atom is 0.0535 e. The van der Waals surface area contributed by atoms with E-state index in [0.717, 1.165) is 5.33 Å². The molecule has 0 spiro atoms. The van der Waals surface area contributed by atoms with Crippen LogP contribution >= 0.6 is 15.9 Å². The second kappa shape index (κ2) is 3.22. The van der Waals surface area contributed by atoms with Crippen LogP contribution in [0, 0.1) is 0 Å². The molecule has 0 fully saturated rings. The summed E-state index contributed by atoms with van der Waals surface area (Å²) in [4.78, 5) is 0. The van der Waals surface area contributed by atoms with Crippen molar-refractivity contribution in [2.24, 2.45) is 0 Å². The quantitative estimate of drug-likeness (QED) is 0.365. The molecule has 0 heterocycles. The van der Waals surface area contributed by atoms with Gasteiger partial charge >= 0.3 is 0 Å². The van der Waals surface area contributed by atoms with E-state index in [-0.39, 0.29) is 0 Å². The Hall–Kier alpha value is 0.220. The lowest BCUT2D eigenvalue weighted by Gasteiger charge is -1.55. The van der Waals surface area contributed by atoms with E-state index in [0.29, 0.717) is 0 Å². The van der Waals surface area contributed by atoms with Gasteiger partial charge in [0.05, 0.1) is 1.37 Å². The Bertz CT molecular complexity index is 33.9. The first kappa shape index (κ1) is 2.46. The van der Waals surface area contributed by atoms with Crippen molar-refractivity contribution in [2.75, 3.05) is 5.33 Å². The highest BCUT2D eigenvalue weighted by Crippen LogP contribution is 1.73. The minimum Gasteiger partial charge on any atom is -0.102 e. The third-order valence-corrected chi connectivity index (χ3v) is 0.463. The Kier molecular flexibility index (Phi) is 1.98. The van der Waals surface area contributed by atoms with E-state index in [1.165, 1.54) is 6.55 Å². The molecule has 0 aliphatic heterocycles. The molecule has 0 unspecified atom stereocenters. The van der Waals surface area contributed by atoms with Gasteiger partial charge in [0, 0.05) is 5.33 Å². The second-order valence-corrected chi connectivity index (χ2v) is 1.04. The third kappa shape index (κ3) is 2.22. The molecule has 0 rings (SSSR count). The van der Waals surface area contributed by atoms with Gasteiger partial charge in [-0.3, -0.25) is 0 Å². The SMILES string of the molecule is [2H]C=CCBr. The molecule has 24 valence electrons. The molecule has 0 amide bonds. The number of halogens is 1. The van der Waals surface area contributed by atoms with Crippen LogP contribution in [-0.2, 0) is 0 Å². The summed E-state index contributed by atoms with van der Waals surface area (Å²) in [6.07, 6.45) is 1.71. The van der Waals surface area contributed by atoms with Crippen LogP contribution in [0.3, 0.4) is 0 Å². The molecule has 0 bridgehead atoms. The molecular formula is C3H5Br. The molecule has 0 aromatic rings. The molecule has 0 saturated carbocycles. The zero-order valence-electron chi connectivity index (χ0n) is 3.24. The third-order valence-electron chi connectivity index (χ3n) is 0.0891. The van der Waals surface area contributed by atoms with Gasteiger partial charge < -0.3 is 0 Å². The Morgan fingerprint density at radius 2 is 3.25 bits per heavy atom. The van der Waals surface area contributed by atoms with Gasteiger partial charge in [-0.05, 0) is 0 Å². The highest BCUT2D eigenvalue weighted by atomic mass is 79.9. The van der Waals surface area contributed by atoms with Gasteiger partial charge in [0.15, 0.2) is 0 Å². The van der Waals surface area contributed by atoms with Crippen LogP contribution in [0.25, 0.3) is 0 Å². The van der Waals surface area contributed by atoms with Crippen molar-refractivity contribution < 1.29 is 1.37 Å². The van der Waals surface area contributed by atoms with E-state index >= 15 is 0 Å². The summed E-state index contributed by atoms with van der Waals surface area (Å²) < 4.78 is 6.39. The largest absolute Gasteiger partial charge is 0.102 e. The molecule has 0 saturated heterocycles. The fourth-order valence-corrected chi connectivity index (χ4v) is 0. The number of alkyl halides is 1. The lowest BCUT2D eigenvalue weighted by molar-refractivity contribution is 1.87.